The van der Waals surface area contributed by atoms with Gasteiger partial charge in [0.1, 0.15) is 5.15 Å². The molecule has 1 heterocycles. The molecule has 3 nitrogen and oxygen atoms in total. The highest BCUT2D eigenvalue weighted by Gasteiger charge is 2.07. The van der Waals surface area contributed by atoms with Crippen molar-refractivity contribution in [3.8, 4) is 0 Å². The maximum Gasteiger partial charge on any atom is 0.129 e. The summed E-state index contributed by atoms with van der Waals surface area (Å²) in [6.07, 6.45) is 0.424. The molecular weight excluding hydrogens is 316 g/mol. The van der Waals surface area contributed by atoms with Crippen molar-refractivity contribution >= 4 is 33.2 Å². The van der Waals surface area contributed by atoms with Gasteiger partial charge in [-0.2, -0.15) is 0 Å². The van der Waals surface area contributed by atoms with E-state index in [-0.39, 0.29) is 0 Å². The fourth-order valence-corrected chi connectivity index (χ4v) is 2.16. The van der Waals surface area contributed by atoms with Crippen LogP contribution in [0.3, 0.4) is 0 Å². The molecular formula is C13H10BrClN2O. The highest BCUT2D eigenvalue weighted by molar-refractivity contribution is 9.10. The van der Waals surface area contributed by atoms with Crippen LogP contribution in [0.5, 0.6) is 0 Å². The third-order valence-electron chi connectivity index (χ3n) is 2.40. The van der Waals surface area contributed by atoms with Gasteiger partial charge in [0.25, 0.3) is 0 Å². The van der Waals surface area contributed by atoms with Gasteiger partial charge in [0, 0.05) is 22.2 Å². The van der Waals surface area contributed by atoms with Crippen molar-refractivity contribution in [2.75, 3.05) is 0 Å². The van der Waals surface area contributed by atoms with E-state index in [4.69, 9.17) is 16.8 Å². The molecule has 0 unspecified atom stereocenters. The van der Waals surface area contributed by atoms with Crippen LogP contribution in [0.1, 0.15) is 11.3 Å². The maximum atomic E-state index is 9.11. The van der Waals surface area contributed by atoms with E-state index in [0.29, 0.717) is 17.3 Å². The van der Waals surface area contributed by atoms with E-state index in [1.54, 1.807) is 6.07 Å². The lowest BCUT2D eigenvalue weighted by Gasteiger charge is -2.05. The topological polar surface area (TPSA) is 45.5 Å². The van der Waals surface area contributed by atoms with E-state index < -0.39 is 0 Å². The molecule has 5 heteroatoms. The molecule has 0 aliphatic heterocycles. The first-order valence-corrected chi connectivity index (χ1v) is 6.44. The van der Waals surface area contributed by atoms with Crippen LogP contribution < -0.4 is 0 Å². The molecule has 0 bridgehead atoms. The van der Waals surface area contributed by atoms with Crippen LogP contribution in [0, 0.1) is 0 Å². The molecule has 0 aliphatic carbocycles. The Balaban J connectivity index is 2.26. The van der Waals surface area contributed by atoms with E-state index in [1.807, 2.05) is 36.4 Å². The summed E-state index contributed by atoms with van der Waals surface area (Å²) < 4.78 is 0.931. The normalized spacial score (nSPS) is 11.6. The molecule has 0 saturated carbocycles. The number of pyridine rings is 1. The molecule has 0 atom stereocenters. The number of aromatic nitrogens is 1. The molecule has 18 heavy (non-hydrogen) atoms. The Morgan fingerprint density at radius 1 is 1.28 bits per heavy atom. The van der Waals surface area contributed by atoms with Crippen LogP contribution in [0.4, 0.5) is 0 Å². The maximum absolute atomic E-state index is 9.11. The lowest BCUT2D eigenvalue weighted by molar-refractivity contribution is 0.318. The molecule has 0 amide bonds. The zero-order chi connectivity index (χ0) is 13.0. The molecule has 0 radical (unpaired) electrons. The van der Waals surface area contributed by atoms with Gasteiger partial charge < -0.3 is 5.21 Å². The van der Waals surface area contributed by atoms with E-state index in [2.05, 4.69) is 26.1 Å². The van der Waals surface area contributed by atoms with Gasteiger partial charge in [-0.05, 0) is 24.3 Å². The summed E-state index contributed by atoms with van der Waals surface area (Å²) in [6, 6.07) is 12.9. The Hall–Kier alpha value is -1.39. The summed E-state index contributed by atoms with van der Waals surface area (Å²) >= 11 is 9.21. The Labute approximate surface area is 118 Å². The van der Waals surface area contributed by atoms with Crippen LogP contribution in [0.25, 0.3) is 0 Å². The van der Waals surface area contributed by atoms with Crippen LogP contribution in [0.15, 0.2) is 52.1 Å². The van der Waals surface area contributed by atoms with Crippen LogP contribution in [-0.4, -0.2) is 15.9 Å². The highest BCUT2D eigenvalue weighted by Crippen LogP contribution is 2.15. The van der Waals surface area contributed by atoms with Gasteiger partial charge in [-0.15, -0.1) is 0 Å². The first-order valence-electron chi connectivity index (χ1n) is 5.27. The number of halogens is 2. The van der Waals surface area contributed by atoms with Gasteiger partial charge in [0.2, 0.25) is 0 Å². The van der Waals surface area contributed by atoms with Crippen molar-refractivity contribution in [3.63, 3.8) is 0 Å². The number of rotatable bonds is 3. The van der Waals surface area contributed by atoms with Gasteiger partial charge in [-0.3, -0.25) is 0 Å². The van der Waals surface area contributed by atoms with E-state index in [0.717, 1.165) is 15.7 Å². The predicted octanol–water partition coefficient (Wildman–Crippen LogP) is 3.92. The average molecular weight is 326 g/mol. The molecule has 0 spiro atoms. The zero-order valence-electron chi connectivity index (χ0n) is 9.35. The SMILES string of the molecule is O/N=C(\Cc1cccc(Cl)n1)c1cccc(Br)c1. The minimum Gasteiger partial charge on any atom is -0.411 e. The third-order valence-corrected chi connectivity index (χ3v) is 3.10. The van der Waals surface area contributed by atoms with Crippen molar-refractivity contribution in [1.29, 1.82) is 0 Å². The summed E-state index contributed by atoms with van der Waals surface area (Å²) in [5.41, 5.74) is 2.15. The minimum absolute atomic E-state index is 0.424. The molecule has 1 aromatic carbocycles. The molecule has 1 aromatic heterocycles. The van der Waals surface area contributed by atoms with Gasteiger partial charge in [-0.25, -0.2) is 4.98 Å². The quantitative estimate of drug-likeness (QED) is 0.402. The molecule has 1 N–H and O–H groups in total. The second kappa shape index (κ2) is 5.98. The predicted molar refractivity (Wildman–Crippen MR) is 75.4 cm³/mol. The van der Waals surface area contributed by atoms with Crippen molar-refractivity contribution in [3.05, 3.63) is 63.3 Å². The highest BCUT2D eigenvalue weighted by atomic mass is 79.9. The van der Waals surface area contributed by atoms with Gasteiger partial charge in [0.15, 0.2) is 0 Å². The zero-order valence-corrected chi connectivity index (χ0v) is 11.7. The first kappa shape index (κ1) is 13.1. The van der Waals surface area contributed by atoms with Gasteiger partial charge in [0.05, 0.1) is 5.71 Å². The van der Waals surface area contributed by atoms with Gasteiger partial charge in [-0.1, -0.05) is 50.9 Å². The van der Waals surface area contributed by atoms with Crippen molar-refractivity contribution in [2.45, 2.75) is 6.42 Å². The van der Waals surface area contributed by atoms with E-state index in [1.165, 1.54) is 0 Å². The molecule has 0 fully saturated rings. The molecule has 0 saturated heterocycles. The second-order valence-corrected chi connectivity index (χ2v) is 4.99. The van der Waals surface area contributed by atoms with Crippen LogP contribution in [-0.2, 0) is 6.42 Å². The van der Waals surface area contributed by atoms with Crippen molar-refractivity contribution in [1.82, 2.24) is 4.98 Å². The van der Waals surface area contributed by atoms with Crippen LogP contribution in [0.2, 0.25) is 5.15 Å². The van der Waals surface area contributed by atoms with Crippen molar-refractivity contribution < 1.29 is 5.21 Å². The molecule has 2 aromatic rings. The molecule has 2 rings (SSSR count). The fraction of sp³-hybridized carbons (Fsp3) is 0.0769. The lowest BCUT2D eigenvalue weighted by atomic mass is 10.1. The Bertz CT molecular complexity index is 587. The lowest BCUT2D eigenvalue weighted by Crippen LogP contribution is -2.06. The monoisotopic (exact) mass is 324 g/mol. The Kier molecular flexibility index (Phi) is 4.33. The minimum atomic E-state index is 0.424. The van der Waals surface area contributed by atoms with E-state index >= 15 is 0 Å². The smallest absolute Gasteiger partial charge is 0.129 e. The molecule has 0 aliphatic rings. The Morgan fingerprint density at radius 2 is 2.06 bits per heavy atom. The van der Waals surface area contributed by atoms with Crippen molar-refractivity contribution in [2.24, 2.45) is 5.16 Å². The van der Waals surface area contributed by atoms with E-state index in [9.17, 15) is 0 Å². The standard InChI is InChI=1S/C13H10BrClN2O/c14-10-4-1-3-9(7-10)12(17-18)8-11-5-2-6-13(15)16-11/h1-7,18H,8H2/b17-12+. The van der Waals surface area contributed by atoms with Gasteiger partial charge >= 0.3 is 0 Å². The Morgan fingerprint density at radius 3 is 2.72 bits per heavy atom. The fourth-order valence-electron chi connectivity index (χ4n) is 1.58. The summed E-state index contributed by atoms with van der Waals surface area (Å²) in [5.74, 6) is 0. The summed E-state index contributed by atoms with van der Waals surface area (Å²) in [7, 11) is 0. The number of nitrogens with zero attached hydrogens (tertiary/aromatic N) is 2. The first-order chi connectivity index (χ1) is 8.69. The third kappa shape index (κ3) is 3.31. The average Bonchev–Trinajstić information content (AvgIpc) is 2.36. The summed E-state index contributed by atoms with van der Waals surface area (Å²) in [6.45, 7) is 0. The number of hydrogen-bond acceptors (Lipinski definition) is 3. The largest absolute Gasteiger partial charge is 0.411 e. The number of oxime groups is 1. The van der Waals surface area contributed by atoms with Crippen LogP contribution >= 0.6 is 27.5 Å². The number of hydrogen-bond donors (Lipinski definition) is 1. The summed E-state index contributed by atoms with van der Waals surface area (Å²) in [4.78, 5) is 4.17. The number of benzene rings is 1. The second-order valence-electron chi connectivity index (χ2n) is 3.69. The summed E-state index contributed by atoms with van der Waals surface area (Å²) in [5, 5.41) is 12.9. The molecule has 92 valence electrons.